The molecule has 1 heterocycles. The van der Waals surface area contributed by atoms with Crippen LogP contribution in [0.3, 0.4) is 0 Å². The summed E-state index contributed by atoms with van der Waals surface area (Å²) in [6.45, 7) is 6.46. The van der Waals surface area contributed by atoms with Crippen LogP contribution in [0.2, 0.25) is 0 Å². The summed E-state index contributed by atoms with van der Waals surface area (Å²) in [5.41, 5.74) is 4.15. The summed E-state index contributed by atoms with van der Waals surface area (Å²) in [6, 6.07) is 13.5. The number of ether oxygens (including phenoxy) is 2. The quantitative estimate of drug-likeness (QED) is 0.630. The van der Waals surface area contributed by atoms with Crippen LogP contribution in [0.15, 0.2) is 53.2 Å². The van der Waals surface area contributed by atoms with Crippen LogP contribution in [-0.4, -0.2) is 18.5 Å². The average Bonchev–Trinajstić information content (AvgIpc) is 2.92. The van der Waals surface area contributed by atoms with Crippen molar-refractivity contribution in [3.63, 3.8) is 0 Å². The third-order valence-electron chi connectivity index (χ3n) is 3.76. The van der Waals surface area contributed by atoms with Gasteiger partial charge in [0.05, 0.1) is 12.2 Å². The Balaban J connectivity index is 1.99. The van der Waals surface area contributed by atoms with E-state index in [1.54, 1.807) is 6.08 Å². The minimum atomic E-state index is -0.447. The maximum atomic E-state index is 12.2. The lowest BCUT2D eigenvalue weighted by Gasteiger charge is -2.08. The predicted octanol–water partition coefficient (Wildman–Crippen LogP) is 4.05. The first kappa shape index (κ1) is 16.0. The van der Waals surface area contributed by atoms with E-state index in [4.69, 9.17) is 9.47 Å². The molecule has 3 rings (SSSR count). The van der Waals surface area contributed by atoms with Crippen molar-refractivity contribution in [2.45, 2.75) is 20.8 Å². The van der Waals surface area contributed by atoms with Gasteiger partial charge in [0.1, 0.15) is 5.75 Å². The number of aliphatic imine (C=N–C) groups is 1. The number of carbonyl (C=O) groups is 1. The van der Waals surface area contributed by atoms with Crippen molar-refractivity contribution in [1.29, 1.82) is 0 Å². The molecule has 0 atom stereocenters. The zero-order valence-corrected chi connectivity index (χ0v) is 14.0. The molecule has 0 spiro atoms. The van der Waals surface area contributed by atoms with Crippen LogP contribution in [0.5, 0.6) is 5.75 Å². The second-order valence-corrected chi connectivity index (χ2v) is 5.63. The zero-order valence-electron chi connectivity index (χ0n) is 14.0. The van der Waals surface area contributed by atoms with E-state index in [1.807, 2.05) is 63.2 Å². The fraction of sp³-hybridized carbons (Fsp3) is 0.200. The van der Waals surface area contributed by atoms with Gasteiger partial charge in [-0.1, -0.05) is 35.9 Å². The Bertz CT molecular complexity index is 850. The number of para-hydroxylation sites is 1. The van der Waals surface area contributed by atoms with E-state index >= 15 is 0 Å². The van der Waals surface area contributed by atoms with Crippen molar-refractivity contribution in [2.75, 3.05) is 6.61 Å². The van der Waals surface area contributed by atoms with Crippen LogP contribution in [0.25, 0.3) is 6.08 Å². The molecule has 0 saturated heterocycles. The van der Waals surface area contributed by atoms with Crippen LogP contribution in [0, 0.1) is 13.8 Å². The number of carbonyl (C=O) groups excluding carboxylic acids is 1. The highest BCUT2D eigenvalue weighted by Crippen LogP contribution is 2.26. The molecule has 4 heteroatoms. The monoisotopic (exact) mass is 321 g/mol. The summed E-state index contributed by atoms with van der Waals surface area (Å²) in [5.74, 6) is 0.484. The molecule has 1 aliphatic heterocycles. The number of cyclic esters (lactones) is 1. The van der Waals surface area contributed by atoms with Crippen LogP contribution in [-0.2, 0) is 9.53 Å². The number of aryl methyl sites for hydroxylation is 2. The second-order valence-electron chi connectivity index (χ2n) is 5.63. The smallest absolute Gasteiger partial charge is 0.363 e. The molecule has 0 radical (unpaired) electrons. The number of esters is 1. The van der Waals surface area contributed by atoms with Crippen LogP contribution in [0.4, 0.5) is 0 Å². The number of rotatable bonds is 4. The lowest BCUT2D eigenvalue weighted by Crippen LogP contribution is -2.07. The van der Waals surface area contributed by atoms with E-state index in [1.165, 1.54) is 0 Å². The van der Waals surface area contributed by atoms with E-state index in [9.17, 15) is 4.79 Å². The molecule has 1 aliphatic rings. The molecule has 2 aromatic rings. The van der Waals surface area contributed by atoms with Gasteiger partial charge in [-0.25, -0.2) is 9.79 Å². The molecule has 0 N–H and O–H groups in total. The predicted molar refractivity (Wildman–Crippen MR) is 94.1 cm³/mol. The fourth-order valence-corrected chi connectivity index (χ4v) is 2.51. The second kappa shape index (κ2) is 6.71. The molecule has 2 aromatic carbocycles. The van der Waals surface area contributed by atoms with Crippen molar-refractivity contribution in [2.24, 2.45) is 4.99 Å². The van der Waals surface area contributed by atoms with Crippen molar-refractivity contribution in [3.8, 4) is 5.75 Å². The molecular formula is C20H19NO3. The molecule has 24 heavy (non-hydrogen) atoms. The SMILES string of the molecule is CCOc1ccccc1C1=N/C(=C\c2cc(C)ccc2C)C(=O)O1. The summed E-state index contributed by atoms with van der Waals surface area (Å²) in [6.07, 6.45) is 1.76. The van der Waals surface area contributed by atoms with Gasteiger partial charge in [0.15, 0.2) is 5.70 Å². The highest BCUT2D eigenvalue weighted by Gasteiger charge is 2.26. The summed E-state index contributed by atoms with van der Waals surface area (Å²) in [4.78, 5) is 16.6. The molecular weight excluding hydrogens is 302 g/mol. The van der Waals surface area contributed by atoms with Crippen LogP contribution < -0.4 is 4.74 Å². The van der Waals surface area contributed by atoms with E-state index in [-0.39, 0.29) is 5.90 Å². The largest absolute Gasteiger partial charge is 0.493 e. The summed E-state index contributed by atoms with van der Waals surface area (Å²) in [5, 5.41) is 0. The Morgan fingerprint density at radius 1 is 1.17 bits per heavy atom. The number of hydrogen-bond donors (Lipinski definition) is 0. The zero-order chi connectivity index (χ0) is 17.1. The Hall–Kier alpha value is -2.88. The average molecular weight is 321 g/mol. The van der Waals surface area contributed by atoms with E-state index in [0.717, 1.165) is 16.7 Å². The number of nitrogens with zero attached hydrogens (tertiary/aromatic N) is 1. The molecule has 0 bridgehead atoms. The first-order valence-electron chi connectivity index (χ1n) is 7.90. The van der Waals surface area contributed by atoms with Crippen LogP contribution in [0.1, 0.15) is 29.2 Å². The van der Waals surface area contributed by atoms with E-state index < -0.39 is 5.97 Å². The molecule has 122 valence electrons. The molecule has 0 fully saturated rings. The van der Waals surface area contributed by atoms with Gasteiger partial charge < -0.3 is 9.47 Å². The van der Waals surface area contributed by atoms with Crippen molar-refractivity contribution in [3.05, 3.63) is 70.4 Å². The highest BCUT2D eigenvalue weighted by molar-refractivity contribution is 6.13. The molecule has 0 aromatic heterocycles. The normalized spacial score (nSPS) is 15.4. The van der Waals surface area contributed by atoms with Crippen molar-refractivity contribution < 1.29 is 14.3 Å². The third kappa shape index (κ3) is 3.23. The third-order valence-corrected chi connectivity index (χ3v) is 3.76. The summed E-state index contributed by atoms with van der Waals surface area (Å²) >= 11 is 0. The molecule has 4 nitrogen and oxygen atoms in total. The maximum absolute atomic E-state index is 12.2. The summed E-state index contributed by atoms with van der Waals surface area (Å²) < 4.78 is 10.9. The van der Waals surface area contributed by atoms with Gasteiger partial charge in [-0.3, -0.25) is 0 Å². The number of hydrogen-bond acceptors (Lipinski definition) is 4. The van der Waals surface area contributed by atoms with Gasteiger partial charge in [-0.2, -0.15) is 0 Å². The Morgan fingerprint density at radius 3 is 2.75 bits per heavy atom. The van der Waals surface area contributed by atoms with Crippen molar-refractivity contribution in [1.82, 2.24) is 0 Å². The van der Waals surface area contributed by atoms with Gasteiger partial charge in [-0.15, -0.1) is 0 Å². The lowest BCUT2D eigenvalue weighted by atomic mass is 10.0. The van der Waals surface area contributed by atoms with E-state index in [2.05, 4.69) is 4.99 Å². The molecule has 0 amide bonds. The minimum absolute atomic E-state index is 0.278. The fourth-order valence-electron chi connectivity index (χ4n) is 2.51. The summed E-state index contributed by atoms with van der Waals surface area (Å²) in [7, 11) is 0. The first-order valence-corrected chi connectivity index (χ1v) is 7.90. The van der Waals surface area contributed by atoms with Gasteiger partial charge in [0.2, 0.25) is 5.90 Å². The topological polar surface area (TPSA) is 47.9 Å². The Morgan fingerprint density at radius 2 is 1.96 bits per heavy atom. The molecule has 0 aliphatic carbocycles. The van der Waals surface area contributed by atoms with Gasteiger partial charge >= 0.3 is 5.97 Å². The van der Waals surface area contributed by atoms with Crippen molar-refractivity contribution >= 4 is 17.9 Å². The maximum Gasteiger partial charge on any atom is 0.363 e. The minimum Gasteiger partial charge on any atom is -0.493 e. The number of benzene rings is 2. The highest BCUT2D eigenvalue weighted by atomic mass is 16.6. The molecule has 0 saturated carbocycles. The molecule has 0 unspecified atom stereocenters. The van der Waals surface area contributed by atoms with Gasteiger partial charge in [0, 0.05) is 0 Å². The Labute approximate surface area is 141 Å². The first-order chi connectivity index (χ1) is 11.6. The standard InChI is InChI=1S/C20H19NO3/c1-4-23-18-8-6-5-7-16(18)19-21-17(20(22)24-19)12-15-11-13(2)9-10-14(15)3/h5-12H,4H2,1-3H3/b17-12-. The lowest BCUT2D eigenvalue weighted by molar-refractivity contribution is -0.129. The van der Waals surface area contributed by atoms with E-state index in [0.29, 0.717) is 23.6 Å². The van der Waals surface area contributed by atoms with Gasteiger partial charge in [0.25, 0.3) is 0 Å². The van der Waals surface area contributed by atoms with Crippen LogP contribution >= 0.6 is 0 Å². The Kier molecular flexibility index (Phi) is 4.47. The van der Waals surface area contributed by atoms with Gasteiger partial charge in [-0.05, 0) is 50.1 Å².